The van der Waals surface area contributed by atoms with E-state index in [4.69, 9.17) is 17.4 Å². The molecule has 1 aromatic heterocycles. The molecule has 1 unspecified atom stereocenters. The number of nitrogens with one attached hydrogen (secondary N) is 1. The molecule has 0 aliphatic heterocycles. The number of hydrazine groups is 1. The number of halogens is 1. The summed E-state index contributed by atoms with van der Waals surface area (Å²) in [6, 6.07) is 6.49. The summed E-state index contributed by atoms with van der Waals surface area (Å²) in [6.07, 6.45) is 3.48. The van der Waals surface area contributed by atoms with Crippen LogP contribution in [0.5, 0.6) is 0 Å². The van der Waals surface area contributed by atoms with E-state index in [1.165, 1.54) is 16.7 Å². The molecular formula is C16H23ClN4. The van der Waals surface area contributed by atoms with Gasteiger partial charge in [0.1, 0.15) is 0 Å². The number of benzene rings is 1. The van der Waals surface area contributed by atoms with Crippen molar-refractivity contribution in [1.29, 1.82) is 0 Å². The second-order valence-electron chi connectivity index (χ2n) is 5.52. The van der Waals surface area contributed by atoms with Crippen LogP contribution in [0.1, 0.15) is 41.8 Å². The molecular weight excluding hydrogens is 284 g/mol. The third kappa shape index (κ3) is 3.84. The van der Waals surface area contributed by atoms with Gasteiger partial charge < -0.3 is 0 Å². The molecule has 0 spiro atoms. The molecule has 5 heteroatoms. The molecule has 3 N–H and O–H groups in total. The lowest BCUT2D eigenvalue weighted by molar-refractivity contribution is 0.478. The quantitative estimate of drug-likeness (QED) is 0.636. The van der Waals surface area contributed by atoms with E-state index < -0.39 is 0 Å². The SMILES string of the molecule is CCCn1ncc(Cl)c1C(Cc1cc(C)cc(C)c1)NN. The van der Waals surface area contributed by atoms with E-state index in [0.717, 1.165) is 25.1 Å². The first-order valence-corrected chi connectivity index (χ1v) is 7.67. The molecule has 1 atom stereocenters. The molecule has 21 heavy (non-hydrogen) atoms. The van der Waals surface area contributed by atoms with Crippen LogP contribution in [0.2, 0.25) is 5.02 Å². The van der Waals surface area contributed by atoms with E-state index in [1.807, 2.05) is 4.68 Å². The zero-order valence-electron chi connectivity index (χ0n) is 12.9. The van der Waals surface area contributed by atoms with Crippen LogP contribution in [-0.4, -0.2) is 9.78 Å². The van der Waals surface area contributed by atoms with Gasteiger partial charge in [-0.05, 0) is 32.3 Å². The molecule has 0 saturated heterocycles. The molecule has 1 aromatic carbocycles. The first kappa shape index (κ1) is 16.0. The second-order valence-corrected chi connectivity index (χ2v) is 5.93. The highest BCUT2D eigenvalue weighted by Gasteiger charge is 2.19. The lowest BCUT2D eigenvalue weighted by atomic mass is 9.99. The predicted octanol–water partition coefficient (Wildman–Crippen LogP) is 3.31. The highest BCUT2D eigenvalue weighted by molar-refractivity contribution is 6.31. The number of rotatable bonds is 6. The van der Waals surface area contributed by atoms with Crippen LogP contribution in [0.3, 0.4) is 0 Å². The smallest absolute Gasteiger partial charge is 0.0834 e. The molecule has 2 aromatic rings. The number of nitrogens with two attached hydrogens (primary N) is 1. The van der Waals surface area contributed by atoms with Crippen LogP contribution < -0.4 is 11.3 Å². The number of aryl methyl sites for hydroxylation is 3. The molecule has 0 aliphatic carbocycles. The summed E-state index contributed by atoms with van der Waals surface area (Å²) < 4.78 is 1.94. The van der Waals surface area contributed by atoms with Gasteiger partial charge in [0.15, 0.2) is 0 Å². The average Bonchev–Trinajstić information content (AvgIpc) is 2.77. The lowest BCUT2D eigenvalue weighted by Gasteiger charge is -2.19. The standard InChI is InChI=1S/C16H23ClN4/c1-4-5-21-16(14(17)10-19-21)15(20-18)9-13-7-11(2)6-12(3)8-13/h6-8,10,15,20H,4-5,9,18H2,1-3H3. The monoisotopic (exact) mass is 306 g/mol. The molecule has 2 rings (SSSR count). The molecule has 0 saturated carbocycles. The Morgan fingerprint density at radius 2 is 1.95 bits per heavy atom. The highest BCUT2D eigenvalue weighted by Crippen LogP contribution is 2.26. The van der Waals surface area contributed by atoms with Gasteiger partial charge >= 0.3 is 0 Å². The minimum Gasteiger partial charge on any atom is -0.271 e. The van der Waals surface area contributed by atoms with Crippen molar-refractivity contribution in [3.63, 3.8) is 0 Å². The van der Waals surface area contributed by atoms with Gasteiger partial charge in [0.05, 0.1) is 23.0 Å². The second kappa shape index (κ2) is 7.07. The van der Waals surface area contributed by atoms with Gasteiger partial charge in [0.25, 0.3) is 0 Å². The van der Waals surface area contributed by atoms with Crippen molar-refractivity contribution < 1.29 is 0 Å². The Morgan fingerprint density at radius 1 is 1.29 bits per heavy atom. The van der Waals surface area contributed by atoms with Gasteiger partial charge in [-0.1, -0.05) is 47.9 Å². The molecule has 0 aliphatic rings. The summed E-state index contributed by atoms with van der Waals surface area (Å²) in [4.78, 5) is 0. The fourth-order valence-electron chi connectivity index (χ4n) is 2.77. The maximum atomic E-state index is 6.30. The van der Waals surface area contributed by atoms with Crippen molar-refractivity contribution in [2.24, 2.45) is 5.84 Å². The van der Waals surface area contributed by atoms with Gasteiger partial charge in [-0.15, -0.1) is 0 Å². The fraction of sp³-hybridized carbons (Fsp3) is 0.438. The van der Waals surface area contributed by atoms with E-state index >= 15 is 0 Å². The molecule has 114 valence electrons. The Balaban J connectivity index is 2.29. The molecule has 0 radical (unpaired) electrons. The molecule has 0 fully saturated rings. The van der Waals surface area contributed by atoms with Crippen LogP contribution >= 0.6 is 11.6 Å². The van der Waals surface area contributed by atoms with Crippen molar-refractivity contribution >= 4 is 11.6 Å². The summed E-state index contributed by atoms with van der Waals surface area (Å²) in [5.41, 5.74) is 7.61. The van der Waals surface area contributed by atoms with Crippen molar-refractivity contribution in [2.75, 3.05) is 0 Å². The number of hydrogen-bond acceptors (Lipinski definition) is 3. The third-order valence-electron chi connectivity index (χ3n) is 3.52. The van der Waals surface area contributed by atoms with E-state index in [2.05, 4.69) is 49.5 Å². The number of nitrogens with zero attached hydrogens (tertiary/aromatic N) is 2. The molecule has 0 amide bonds. The Morgan fingerprint density at radius 3 is 2.52 bits per heavy atom. The Bertz CT molecular complexity index is 586. The van der Waals surface area contributed by atoms with Gasteiger partial charge in [0, 0.05) is 6.54 Å². The average molecular weight is 307 g/mol. The van der Waals surface area contributed by atoms with E-state index in [1.54, 1.807) is 6.20 Å². The largest absolute Gasteiger partial charge is 0.271 e. The van der Waals surface area contributed by atoms with E-state index in [0.29, 0.717) is 5.02 Å². The third-order valence-corrected chi connectivity index (χ3v) is 3.81. The highest BCUT2D eigenvalue weighted by atomic mass is 35.5. The predicted molar refractivity (Wildman–Crippen MR) is 87.2 cm³/mol. The molecule has 1 heterocycles. The summed E-state index contributed by atoms with van der Waals surface area (Å²) in [7, 11) is 0. The van der Waals surface area contributed by atoms with Crippen LogP contribution in [0, 0.1) is 13.8 Å². The van der Waals surface area contributed by atoms with Gasteiger partial charge in [-0.3, -0.25) is 16.0 Å². The molecule has 0 bridgehead atoms. The fourth-order valence-corrected chi connectivity index (χ4v) is 3.04. The van der Waals surface area contributed by atoms with Gasteiger partial charge in [0.2, 0.25) is 0 Å². The Hall–Kier alpha value is -1.36. The van der Waals surface area contributed by atoms with E-state index in [9.17, 15) is 0 Å². The Labute approximate surface area is 131 Å². The van der Waals surface area contributed by atoms with Crippen molar-refractivity contribution in [3.8, 4) is 0 Å². The van der Waals surface area contributed by atoms with Crippen LogP contribution in [0.15, 0.2) is 24.4 Å². The first-order chi connectivity index (χ1) is 10.0. The number of hydrogen-bond donors (Lipinski definition) is 2. The normalized spacial score (nSPS) is 12.6. The Kier molecular flexibility index (Phi) is 5.39. The number of aromatic nitrogens is 2. The van der Waals surface area contributed by atoms with Gasteiger partial charge in [-0.2, -0.15) is 5.10 Å². The maximum absolute atomic E-state index is 6.30. The van der Waals surface area contributed by atoms with Crippen molar-refractivity contribution in [2.45, 2.75) is 46.2 Å². The lowest BCUT2D eigenvalue weighted by Crippen LogP contribution is -2.31. The maximum Gasteiger partial charge on any atom is 0.0834 e. The minimum atomic E-state index is -0.0484. The van der Waals surface area contributed by atoms with Crippen LogP contribution in [-0.2, 0) is 13.0 Å². The summed E-state index contributed by atoms with van der Waals surface area (Å²) in [5, 5.41) is 5.00. The minimum absolute atomic E-state index is 0.0484. The van der Waals surface area contributed by atoms with Crippen molar-refractivity contribution in [3.05, 3.63) is 51.8 Å². The van der Waals surface area contributed by atoms with Gasteiger partial charge in [-0.25, -0.2) is 0 Å². The summed E-state index contributed by atoms with van der Waals surface area (Å²) >= 11 is 6.30. The van der Waals surface area contributed by atoms with Crippen LogP contribution in [0.25, 0.3) is 0 Å². The van der Waals surface area contributed by atoms with E-state index in [-0.39, 0.29) is 6.04 Å². The molecule has 4 nitrogen and oxygen atoms in total. The summed E-state index contributed by atoms with van der Waals surface area (Å²) in [6.45, 7) is 7.17. The zero-order chi connectivity index (χ0) is 15.4. The van der Waals surface area contributed by atoms with Crippen LogP contribution in [0.4, 0.5) is 0 Å². The van der Waals surface area contributed by atoms with Crippen molar-refractivity contribution in [1.82, 2.24) is 15.2 Å². The first-order valence-electron chi connectivity index (χ1n) is 7.29. The zero-order valence-corrected chi connectivity index (χ0v) is 13.6. The topological polar surface area (TPSA) is 55.9 Å². The summed E-state index contributed by atoms with van der Waals surface area (Å²) in [5.74, 6) is 5.77.